The van der Waals surface area contributed by atoms with Crippen molar-refractivity contribution in [2.24, 2.45) is 5.92 Å². The highest BCUT2D eigenvalue weighted by atomic mass is 19.1. The average Bonchev–Trinajstić information content (AvgIpc) is 3.52. The van der Waals surface area contributed by atoms with E-state index in [0.29, 0.717) is 33.7 Å². The van der Waals surface area contributed by atoms with Gasteiger partial charge in [0.05, 0.1) is 22.6 Å². The van der Waals surface area contributed by atoms with Crippen LogP contribution in [0.4, 0.5) is 4.39 Å². The summed E-state index contributed by atoms with van der Waals surface area (Å²) < 4.78 is 13.9. The standard InChI is InChI=1S/C33H35FN6/c1-8-24(17-27(9-2)36-22(6)15-20(3)4)21(5)13-14-29-23(7)31(40-39-29)33-37-30-19-35-18-28(32(30)38-33)25-11-10-12-26(34)16-25/h8-14,16-20,36,39H,2,6-7,15H2,1,3-5H3,(H,37,38)/b21-13+,24-8+,27-17+,29-14+. The first-order valence-corrected chi connectivity index (χ1v) is 13.2. The number of nitrogens with one attached hydrogen (secondary N) is 3. The van der Waals surface area contributed by atoms with Crippen molar-refractivity contribution in [3.05, 3.63) is 113 Å². The lowest BCUT2D eigenvalue weighted by Crippen LogP contribution is -2.21. The van der Waals surface area contributed by atoms with Gasteiger partial charge in [-0.3, -0.25) is 10.1 Å². The molecule has 7 heteroatoms. The van der Waals surface area contributed by atoms with Gasteiger partial charge < -0.3 is 10.3 Å². The Morgan fingerprint density at radius 2 is 2.02 bits per heavy atom. The van der Waals surface area contributed by atoms with Gasteiger partial charge in [-0.2, -0.15) is 5.10 Å². The molecule has 0 spiro atoms. The van der Waals surface area contributed by atoms with Crippen LogP contribution in [0.15, 0.2) is 96.7 Å². The maximum atomic E-state index is 13.9. The average molecular weight is 535 g/mol. The van der Waals surface area contributed by atoms with Gasteiger partial charge in [0.15, 0.2) is 5.82 Å². The summed E-state index contributed by atoms with van der Waals surface area (Å²) in [4.78, 5) is 12.4. The molecular formula is C33H35FN6. The maximum absolute atomic E-state index is 13.9. The van der Waals surface area contributed by atoms with Gasteiger partial charge in [-0.05, 0) is 73.3 Å². The van der Waals surface area contributed by atoms with Crippen LogP contribution in [0.2, 0.25) is 0 Å². The second-order valence-electron chi connectivity index (χ2n) is 10.0. The van der Waals surface area contributed by atoms with Crippen LogP contribution in [0.5, 0.6) is 0 Å². The van der Waals surface area contributed by atoms with Crippen LogP contribution >= 0.6 is 0 Å². The second-order valence-corrected chi connectivity index (χ2v) is 10.0. The minimum Gasteiger partial charge on any atom is -0.359 e. The quantitative estimate of drug-likeness (QED) is 0.204. The van der Waals surface area contributed by atoms with Crippen molar-refractivity contribution in [3.8, 4) is 22.6 Å². The number of H-pyrrole nitrogens is 2. The molecule has 0 aliphatic rings. The van der Waals surface area contributed by atoms with Crippen LogP contribution in [0.3, 0.4) is 0 Å². The Kier molecular flexibility index (Phi) is 8.74. The monoisotopic (exact) mass is 534 g/mol. The summed E-state index contributed by atoms with van der Waals surface area (Å²) in [5.41, 5.74) is 7.42. The molecule has 0 unspecified atom stereocenters. The first-order chi connectivity index (χ1) is 19.2. The zero-order valence-electron chi connectivity index (χ0n) is 23.5. The molecule has 204 valence electrons. The predicted molar refractivity (Wildman–Crippen MR) is 164 cm³/mol. The number of allylic oxidation sites excluding steroid dienone is 7. The van der Waals surface area contributed by atoms with Gasteiger partial charge in [0.1, 0.15) is 11.5 Å². The van der Waals surface area contributed by atoms with Gasteiger partial charge in [0.25, 0.3) is 0 Å². The summed E-state index contributed by atoms with van der Waals surface area (Å²) in [5, 5.41) is 12.4. The first-order valence-electron chi connectivity index (χ1n) is 13.2. The number of imidazole rings is 1. The Labute approximate surface area is 234 Å². The van der Waals surface area contributed by atoms with Crippen molar-refractivity contribution < 1.29 is 4.39 Å². The normalized spacial score (nSPS) is 13.3. The molecular weight excluding hydrogens is 499 g/mol. The Morgan fingerprint density at radius 3 is 2.73 bits per heavy atom. The van der Waals surface area contributed by atoms with Gasteiger partial charge >= 0.3 is 0 Å². The van der Waals surface area contributed by atoms with E-state index >= 15 is 0 Å². The number of pyridine rings is 1. The molecule has 3 N–H and O–H groups in total. The molecule has 40 heavy (non-hydrogen) atoms. The van der Waals surface area contributed by atoms with E-state index in [4.69, 9.17) is 4.98 Å². The third kappa shape index (κ3) is 6.43. The molecule has 0 atom stereocenters. The fourth-order valence-corrected chi connectivity index (χ4v) is 4.42. The third-order valence-corrected chi connectivity index (χ3v) is 6.43. The van der Waals surface area contributed by atoms with E-state index in [-0.39, 0.29) is 5.82 Å². The van der Waals surface area contributed by atoms with Crippen LogP contribution in [-0.4, -0.2) is 25.1 Å². The summed E-state index contributed by atoms with van der Waals surface area (Å²) in [7, 11) is 0. The molecule has 0 amide bonds. The van der Waals surface area contributed by atoms with Crippen LogP contribution in [0, 0.1) is 11.7 Å². The lowest BCUT2D eigenvalue weighted by Gasteiger charge is -2.13. The first kappa shape index (κ1) is 28.2. The van der Waals surface area contributed by atoms with Crippen molar-refractivity contribution in [3.63, 3.8) is 0 Å². The van der Waals surface area contributed by atoms with Gasteiger partial charge in [-0.25, -0.2) is 9.37 Å². The van der Waals surface area contributed by atoms with E-state index in [0.717, 1.165) is 45.4 Å². The lowest BCUT2D eigenvalue weighted by molar-refractivity contribution is 0.622. The number of benzene rings is 1. The Bertz CT molecular complexity index is 1760. The van der Waals surface area contributed by atoms with Crippen LogP contribution in [-0.2, 0) is 0 Å². The van der Waals surface area contributed by atoms with Crippen molar-refractivity contribution in [1.29, 1.82) is 0 Å². The Balaban J connectivity index is 1.63. The van der Waals surface area contributed by atoms with Crippen LogP contribution in [0.1, 0.15) is 34.1 Å². The Morgan fingerprint density at radius 1 is 1.23 bits per heavy atom. The predicted octanol–water partition coefficient (Wildman–Crippen LogP) is 6.46. The van der Waals surface area contributed by atoms with Crippen molar-refractivity contribution in [1.82, 2.24) is 30.5 Å². The molecule has 0 fully saturated rings. The molecule has 0 aliphatic carbocycles. The molecule has 4 rings (SSSR count). The van der Waals surface area contributed by atoms with E-state index in [1.54, 1.807) is 24.5 Å². The van der Waals surface area contributed by atoms with Gasteiger partial charge in [0, 0.05) is 28.4 Å². The SMILES string of the molecule is C=C\C(=C/C(=C\C)C(/C)=C/C=c1/[nH]nc(-c2nc3c(-c4cccc(F)c4)cncc3[nH]2)c1=C)NC(=C)CC(C)C. The molecule has 0 saturated carbocycles. The molecule has 0 radical (unpaired) electrons. The molecule has 6 nitrogen and oxygen atoms in total. The van der Waals surface area contributed by atoms with Crippen LogP contribution < -0.4 is 15.9 Å². The van der Waals surface area contributed by atoms with Gasteiger partial charge in [-0.1, -0.05) is 57.9 Å². The van der Waals surface area contributed by atoms with E-state index in [9.17, 15) is 4.39 Å². The minimum atomic E-state index is -0.314. The molecule has 0 saturated heterocycles. The number of aromatic nitrogens is 5. The molecule has 0 bridgehead atoms. The van der Waals surface area contributed by atoms with Crippen molar-refractivity contribution in [2.45, 2.75) is 34.1 Å². The fraction of sp³-hybridized carbons (Fsp3) is 0.182. The highest BCUT2D eigenvalue weighted by Gasteiger charge is 2.14. The molecule has 3 aromatic heterocycles. The van der Waals surface area contributed by atoms with E-state index in [1.807, 2.05) is 32.1 Å². The second kappa shape index (κ2) is 12.4. The van der Waals surface area contributed by atoms with Crippen LogP contribution in [0.25, 0.3) is 46.3 Å². The summed E-state index contributed by atoms with van der Waals surface area (Å²) in [6, 6.07) is 6.39. The van der Waals surface area contributed by atoms with Crippen molar-refractivity contribution >= 4 is 23.7 Å². The molecule has 4 aromatic rings. The summed E-state index contributed by atoms with van der Waals surface area (Å²) in [6.07, 6.45) is 14.1. The van der Waals surface area contributed by atoms with Gasteiger partial charge in [0.2, 0.25) is 0 Å². The molecule has 1 aromatic carbocycles. The van der Waals surface area contributed by atoms with E-state index in [1.165, 1.54) is 12.1 Å². The number of nitrogens with zero attached hydrogens (tertiary/aromatic N) is 3. The van der Waals surface area contributed by atoms with Gasteiger partial charge in [-0.15, -0.1) is 0 Å². The molecule has 3 heterocycles. The number of hydrogen-bond donors (Lipinski definition) is 3. The topological polar surface area (TPSA) is 82.3 Å². The zero-order valence-corrected chi connectivity index (χ0v) is 23.5. The Hall–Kier alpha value is -4.78. The lowest BCUT2D eigenvalue weighted by atomic mass is 10.0. The largest absolute Gasteiger partial charge is 0.359 e. The number of aromatic amines is 2. The highest BCUT2D eigenvalue weighted by Crippen LogP contribution is 2.28. The number of rotatable bonds is 10. The smallest absolute Gasteiger partial charge is 0.159 e. The van der Waals surface area contributed by atoms with E-state index in [2.05, 4.69) is 71.2 Å². The number of fused-ring (bicyclic) bond motifs is 1. The summed E-state index contributed by atoms with van der Waals surface area (Å²) in [5.74, 6) is 0.764. The number of halogens is 1. The zero-order chi connectivity index (χ0) is 28.8. The third-order valence-electron chi connectivity index (χ3n) is 6.43. The van der Waals surface area contributed by atoms with E-state index < -0.39 is 0 Å². The highest BCUT2D eigenvalue weighted by molar-refractivity contribution is 5.92. The number of hydrogen-bond acceptors (Lipinski definition) is 4. The minimum absolute atomic E-state index is 0.314. The van der Waals surface area contributed by atoms with Crippen molar-refractivity contribution in [2.75, 3.05) is 0 Å². The summed E-state index contributed by atoms with van der Waals surface area (Å²) in [6.45, 7) is 20.7. The maximum Gasteiger partial charge on any atom is 0.159 e. The summed E-state index contributed by atoms with van der Waals surface area (Å²) >= 11 is 0. The fourth-order valence-electron chi connectivity index (χ4n) is 4.42. The molecule has 0 aliphatic heterocycles.